The van der Waals surface area contributed by atoms with Crippen LogP contribution in [0.15, 0.2) is 67.0 Å². The summed E-state index contributed by atoms with van der Waals surface area (Å²) >= 11 is 0. The maximum atomic E-state index is 13.9. The monoisotopic (exact) mass is 530 g/mol. The molecule has 1 aliphatic heterocycles. The van der Waals surface area contributed by atoms with E-state index in [1.54, 1.807) is 67.0 Å². The van der Waals surface area contributed by atoms with Crippen molar-refractivity contribution in [3.63, 3.8) is 0 Å². The maximum Gasteiger partial charge on any atom is 0.299 e. The average molecular weight is 531 g/mol. The number of amides is 3. The van der Waals surface area contributed by atoms with E-state index in [1.807, 2.05) is 13.8 Å². The largest absolute Gasteiger partial charge is 0.497 e. The number of ketones is 1. The van der Waals surface area contributed by atoms with Gasteiger partial charge in [0, 0.05) is 25.0 Å². The number of rotatable bonds is 10. The van der Waals surface area contributed by atoms with Gasteiger partial charge in [0.25, 0.3) is 11.7 Å². The first-order valence-corrected chi connectivity index (χ1v) is 12.4. The summed E-state index contributed by atoms with van der Waals surface area (Å²) in [5.74, 6) is -1.72. The molecule has 0 spiro atoms. The van der Waals surface area contributed by atoms with Gasteiger partial charge in [0.2, 0.25) is 11.8 Å². The molecule has 2 aromatic carbocycles. The topological polar surface area (TPSA) is 118 Å². The molecule has 0 radical (unpaired) electrons. The zero-order valence-corrected chi connectivity index (χ0v) is 22.2. The third kappa shape index (κ3) is 5.74. The van der Waals surface area contributed by atoms with Gasteiger partial charge in [0.05, 0.1) is 31.2 Å². The Morgan fingerprint density at radius 3 is 2.46 bits per heavy atom. The summed E-state index contributed by atoms with van der Waals surface area (Å²) in [5.41, 5.74) is 1.74. The van der Waals surface area contributed by atoms with Gasteiger partial charge in [0.15, 0.2) is 0 Å². The minimum Gasteiger partial charge on any atom is -0.497 e. The lowest BCUT2D eigenvalue weighted by Crippen LogP contribution is -2.53. The van der Waals surface area contributed by atoms with Gasteiger partial charge >= 0.3 is 0 Å². The number of methoxy groups -OCH3 is 2. The van der Waals surface area contributed by atoms with Gasteiger partial charge in [-0.1, -0.05) is 32.0 Å². The van der Waals surface area contributed by atoms with E-state index in [0.717, 1.165) is 4.90 Å². The highest BCUT2D eigenvalue weighted by Gasteiger charge is 2.39. The molecule has 1 atom stereocenters. The van der Waals surface area contributed by atoms with Crippen molar-refractivity contribution in [1.29, 1.82) is 0 Å². The van der Waals surface area contributed by atoms with Crippen LogP contribution in [0.25, 0.3) is 0 Å². The minimum absolute atomic E-state index is 0.0698. The Morgan fingerprint density at radius 2 is 1.79 bits per heavy atom. The van der Waals surface area contributed by atoms with Crippen molar-refractivity contribution < 1.29 is 28.7 Å². The molecule has 1 N–H and O–H groups in total. The van der Waals surface area contributed by atoms with Crippen molar-refractivity contribution >= 4 is 34.9 Å². The van der Waals surface area contributed by atoms with E-state index in [1.165, 1.54) is 19.1 Å². The molecule has 10 nitrogen and oxygen atoms in total. The first-order chi connectivity index (χ1) is 18.7. The lowest BCUT2D eigenvalue weighted by Gasteiger charge is -2.34. The summed E-state index contributed by atoms with van der Waals surface area (Å²) in [6.07, 6.45) is 3.23. The van der Waals surface area contributed by atoms with Gasteiger partial charge in [-0.25, -0.2) is 0 Å². The zero-order valence-electron chi connectivity index (χ0n) is 22.2. The minimum atomic E-state index is -0.923. The number of para-hydroxylation sites is 1. The van der Waals surface area contributed by atoms with Crippen LogP contribution < -0.4 is 19.7 Å². The number of nitrogens with zero attached hydrogens (tertiary/aromatic N) is 3. The normalized spacial score (nSPS) is 13.2. The molecule has 3 amide bonds. The van der Waals surface area contributed by atoms with Crippen LogP contribution in [-0.4, -0.2) is 60.2 Å². The highest BCUT2D eigenvalue weighted by Crippen LogP contribution is 2.31. The second-order valence-corrected chi connectivity index (χ2v) is 9.36. The molecule has 0 aliphatic carbocycles. The van der Waals surface area contributed by atoms with Crippen LogP contribution >= 0.6 is 0 Å². The first kappa shape index (κ1) is 27.3. The fraction of sp³-hybridized carbons (Fsp3) is 0.276. The fourth-order valence-corrected chi connectivity index (χ4v) is 4.57. The number of anilines is 2. The number of benzene rings is 2. The van der Waals surface area contributed by atoms with Crippen molar-refractivity contribution in [3.05, 3.63) is 78.1 Å². The van der Waals surface area contributed by atoms with Crippen molar-refractivity contribution in [2.45, 2.75) is 26.4 Å². The van der Waals surface area contributed by atoms with E-state index in [0.29, 0.717) is 28.4 Å². The number of pyridine rings is 1. The van der Waals surface area contributed by atoms with Crippen LogP contribution in [0.5, 0.6) is 11.5 Å². The SMILES string of the molecule is COc1ccc(NC(=O)C(C(C)C)N(Cc2cccnc2)C(=O)CN2C(=O)C(=O)c3ccccc32)c(OC)c1. The van der Waals surface area contributed by atoms with E-state index < -0.39 is 36.1 Å². The quantitative estimate of drug-likeness (QED) is 0.400. The van der Waals surface area contributed by atoms with Gasteiger partial charge in [-0.05, 0) is 41.8 Å². The third-order valence-electron chi connectivity index (χ3n) is 6.47. The number of Topliss-reactive ketones (excluding diaryl/α,β-unsaturated/α-hetero) is 1. The molecule has 0 saturated heterocycles. The average Bonchev–Trinajstić information content (AvgIpc) is 3.18. The molecule has 1 aliphatic rings. The molecule has 0 fully saturated rings. The Balaban J connectivity index is 1.66. The molecule has 39 heavy (non-hydrogen) atoms. The number of carbonyl (C=O) groups is 4. The number of nitrogens with one attached hydrogen (secondary N) is 1. The van der Waals surface area contributed by atoms with Crippen LogP contribution in [0.1, 0.15) is 29.8 Å². The lowest BCUT2D eigenvalue weighted by molar-refractivity contribution is -0.140. The molecule has 2 heterocycles. The highest BCUT2D eigenvalue weighted by atomic mass is 16.5. The fourth-order valence-electron chi connectivity index (χ4n) is 4.57. The van der Waals surface area contributed by atoms with E-state index >= 15 is 0 Å². The van der Waals surface area contributed by atoms with E-state index in [9.17, 15) is 19.2 Å². The smallest absolute Gasteiger partial charge is 0.299 e. The summed E-state index contributed by atoms with van der Waals surface area (Å²) in [6.45, 7) is 3.34. The van der Waals surface area contributed by atoms with Gasteiger partial charge in [-0.15, -0.1) is 0 Å². The van der Waals surface area contributed by atoms with Crippen molar-refractivity contribution in [2.24, 2.45) is 5.92 Å². The number of hydrogen-bond donors (Lipinski definition) is 1. The van der Waals surface area contributed by atoms with E-state index in [4.69, 9.17) is 9.47 Å². The molecule has 202 valence electrons. The Hall–Kier alpha value is -4.73. The van der Waals surface area contributed by atoms with Gasteiger partial charge in [-0.2, -0.15) is 0 Å². The summed E-state index contributed by atoms with van der Waals surface area (Å²) in [5, 5.41) is 2.88. The molecule has 4 rings (SSSR count). The molecule has 3 aromatic rings. The van der Waals surface area contributed by atoms with Gasteiger partial charge in [0.1, 0.15) is 24.1 Å². The second-order valence-electron chi connectivity index (χ2n) is 9.36. The summed E-state index contributed by atoms with van der Waals surface area (Å²) < 4.78 is 10.7. The van der Waals surface area contributed by atoms with Crippen molar-refractivity contribution in [1.82, 2.24) is 9.88 Å². The van der Waals surface area contributed by atoms with Crippen LogP contribution in [0.2, 0.25) is 0 Å². The Labute approximate surface area is 226 Å². The molecule has 0 bridgehead atoms. The predicted octanol–water partition coefficient (Wildman–Crippen LogP) is 3.32. The van der Waals surface area contributed by atoms with Crippen LogP contribution in [0, 0.1) is 5.92 Å². The molecular weight excluding hydrogens is 500 g/mol. The van der Waals surface area contributed by atoms with Gasteiger partial charge in [-0.3, -0.25) is 29.1 Å². The zero-order chi connectivity index (χ0) is 28.1. The highest BCUT2D eigenvalue weighted by molar-refractivity contribution is 6.52. The van der Waals surface area contributed by atoms with Crippen LogP contribution in [-0.2, 0) is 20.9 Å². The number of hydrogen-bond acceptors (Lipinski definition) is 7. The molecule has 1 aromatic heterocycles. The lowest BCUT2D eigenvalue weighted by atomic mass is 10.00. The maximum absolute atomic E-state index is 13.9. The summed E-state index contributed by atoms with van der Waals surface area (Å²) in [4.78, 5) is 59.6. The molecule has 10 heteroatoms. The standard InChI is InChI=1S/C29H30N4O6/c1-18(2)26(28(36)31-22-12-11-20(38-3)14-24(22)39-4)33(16-19-8-7-13-30-15-19)25(34)17-32-23-10-6-5-9-21(23)27(35)29(32)37/h5-15,18,26H,16-17H2,1-4H3,(H,31,36). The first-order valence-electron chi connectivity index (χ1n) is 12.4. The van der Waals surface area contributed by atoms with Gasteiger partial charge < -0.3 is 19.7 Å². The molecular formula is C29H30N4O6. The predicted molar refractivity (Wildman–Crippen MR) is 145 cm³/mol. The van der Waals surface area contributed by atoms with E-state index in [-0.39, 0.29) is 18.0 Å². The summed E-state index contributed by atoms with van der Waals surface area (Å²) in [7, 11) is 3.01. The number of aromatic nitrogens is 1. The Bertz CT molecular complexity index is 1390. The van der Waals surface area contributed by atoms with Crippen molar-refractivity contribution in [2.75, 3.05) is 31.0 Å². The second kappa shape index (κ2) is 11.8. The molecule has 0 saturated carbocycles. The number of carbonyl (C=O) groups excluding carboxylic acids is 4. The number of ether oxygens (including phenoxy) is 2. The van der Waals surface area contributed by atoms with Crippen LogP contribution in [0.3, 0.4) is 0 Å². The molecule has 1 unspecified atom stereocenters. The summed E-state index contributed by atoms with van der Waals surface area (Å²) in [6, 6.07) is 14.1. The Kier molecular flexibility index (Phi) is 8.24. The third-order valence-corrected chi connectivity index (χ3v) is 6.47. The number of fused-ring (bicyclic) bond motifs is 1. The van der Waals surface area contributed by atoms with Crippen molar-refractivity contribution in [3.8, 4) is 11.5 Å². The van der Waals surface area contributed by atoms with E-state index in [2.05, 4.69) is 10.3 Å². The Morgan fingerprint density at radius 1 is 1.03 bits per heavy atom. The van der Waals surface area contributed by atoms with Crippen LogP contribution in [0.4, 0.5) is 11.4 Å².